The third-order valence-corrected chi connectivity index (χ3v) is 5.77. The zero-order chi connectivity index (χ0) is 25.9. The van der Waals surface area contributed by atoms with E-state index in [9.17, 15) is 14.0 Å². The van der Waals surface area contributed by atoms with Gasteiger partial charge in [0, 0.05) is 37.8 Å². The largest absolute Gasteiger partial charge is 0.402 e. The second-order valence-corrected chi connectivity index (χ2v) is 8.60. The summed E-state index contributed by atoms with van der Waals surface area (Å²) in [4.78, 5) is 28.2. The van der Waals surface area contributed by atoms with Crippen molar-refractivity contribution < 1.29 is 18.7 Å². The number of carbonyl (C=O) groups excluding carboxylic acids is 2. The maximum Gasteiger partial charge on any atom is 0.273 e. The molecule has 0 saturated carbocycles. The van der Waals surface area contributed by atoms with Gasteiger partial charge >= 0.3 is 0 Å². The first kappa shape index (κ1) is 26.8. The molecule has 6 N–H and O–H groups in total. The van der Waals surface area contributed by atoms with Crippen molar-refractivity contribution >= 4 is 11.8 Å². The molecule has 0 aromatic carbocycles. The molecule has 11 nitrogen and oxygen atoms in total. The fourth-order valence-corrected chi connectivity index (χ4v) is 3.81. The first-order valence-corrected chi connectivity index (χ1v) is 11.8. The van der Waals surface area contributed by atoms with Crippen molar-refractivity contribution in [2.45, 2.75) is 50.7 Å². The Balaban J connectivity index is 1.43. The molecule has 1 aliphatic heterocycles. The maximum atomic E-state index is 14.3. The van der Waals surface area contributed by atoms with Gasteiger partial charge in [0.1, 0.15) is 12.0 Å². The number of hydrogen-bond acceptors (Lipinski definition) is 8. The lowest BCUT2D eigenvalue weighted by Gasteiger charge is -2.22. The minimum Gasteiger partial charge on any atom is -0.402 e. The number of halogens is 1. The van der Waals surface area contributed by atoms with E-state index in [-0.39, 0.29) is 49.1 Å². The molecule has 0 bridgehead atoms. The molecular weight excluding hydrogens is 467 g/mol. The van der Waals surface area contributed by atoms with Crippen molar-refractivity contribution in [3.05, 3.63) is 65.1 Å². The van der Waals surface area contributed by atoms with Gasteiger partial charge < -0.3 is 26.8 Å². The van der Waals surface area contributed by atoms with E-state index in [2.05, 4.69) is 25.9 Å². The molecule has 1 unspecified atom stereocenters. The minimum atomic E-state index is -1.23. The highest BCUT2D eigenvalue weighted by molar-refractivity contribution is 5.91. The standard InChI is InChI=1S/C24H33FN8O3/c1-28-24(35)21-15-33(32-31-21)14-18(25)2-3-19(26)4-5-22(27)30-23(34)13-20-12-17(6-9-29-20)16-7-10-36-11-8-16/h4-6,9,12,15-16,18H,2-3,7-8,10-11,13-14,26-27H2,1H3,(H,28,35)(H,30,34)/b19-4-,22-5+. The van der Waals surface area contributed by atoms with Gasteiger partial charge in [0.05, 0.1) is 19.2 Å². The van der Waals surface area contributed by atoms with Gasteiger partial charge in [0.25, 0.3) is 5.91 Å². The number of nitrogens with zero attached hydrogens (tertiary/aromatic N) is 4. The molecule has 1 aliphatic rings. The number of nitrogens with one attached hydrogen (secondary N) is 2. The number of hydrogen-bond donors (Lipinski definition) is 4. The molecule has 0 radical (unpaired) electrons. The fourth-order valence-electron chi connectivity index (χ4n) is 3.81. The summed E-state index contributed by atoms with van der Waals surface area (Å²) in [7, 11) is 1.48. The number of carbonyl (C=O) groups is 2. The summed E-state index contributed by atoms with van der Waals surface area (Å²) in [5.74, 6) is -0.133. The topological polar surface area (TPSA) is 163 Å². The van der Waals surface area contributed by atoms with Crippen LogP contribution < -0.4 is 22.1 Å². The summed E-state index contributed by atoms with van der Waals surface area (Å²) in [6.45, 7) is 1.44. The third kappa shape index (κ3) is 8.45. The Bertz CT molecular complexity index is 1090. The smallest absolute Gasteiger partial charge is 0.273 e. The van der Waals surface area contributed by atoms with Crippen molar-refractivity contribution in [3.8, 4) is 0 Å². The molecule has 1 fully saturated rings. The Kier molecular flexibility index (Phi) is 9.92. The Morgan fingerprint density at radius 1 is 1.31 bits per heavy atom. The summed E-state index contributed by atoms with van der Waals surface area (Å²) in [5, 5.41) is 12.5. The molecular formula is C24H33FN8O3. The molecule has 2 aromatic heterocycles. The highest BCUT2D eigenvalue weighted by atomic mass is 19.1. The SMILES string of the molecule is CNC(=O)c1cn(CC(F)CC/C(N)=C/C=C(\N)NC(=O)Cc2cc(C3CCOCC3)ccn2)nn1. The molecule has 3 rings (SSSR count). The van der Waals surface area contributed by atoms with Gasteiger partial charge in [-0.1, -0.05) is 5.21 Å². The van der Waals surface area contributed by atoms with Gasteiger partial charge in [0.2, 0.25) is 5.91 Å². The Morgan fingerprint density at radius 3 is 2.83 bits per heavy atom. The van der Waals surface area contributed by atoms with Gasteiger partial charge in [-0.2, -0.15) is 0 Å². The van der Waals surface area contributed by atoms with Gasteiger partial charge in [0.15, 0.2) is 5.69 Å². The molecule has 2 aromatic rings. The number of nitrogens with two attached hydrogens (primary N) is 2. The zero-order valence-corrected chi connectivity index (χ0v) is 20.3. The van der Waals surface area contributed by atoms with E-state index in [1.807, 2.05) is 12.1 Å². The molecule has 1 saturated heterocycles. The lowest BCUT2D eigenvalue weighted by atomic mass is 9.92. The lowest BCUT2D eigenvalue weighted by Crippen LogP contribution is -2.29. The van der Waals surface area contributed by atoms with Crippen molar-refractivity contribution in [1.29, 1.82) is 0 Å². The number of allylic oxidation sites excluding steroid dienone is 3. The average Bonchev–Trinajstić information content (AvgIpc) is 3.34. The minimum absolute atomic E-state index is 0.0466. The van der Waals surface area contributed by atoms with Crippen LogP contribution >= 0.6 is 0 Å². The van der Waals surface area contributed by atoms with Crippen molar-refractivity contribution in [2.24, 2.45) is 11.5 Å². The second-order valence-electron chi connectivity index (χ2n) is 8.60. The Morgan fingerprint density at radius 2 is 2.08 bits per heavy atom. The highest BCUT2D eigenvalue weighted by Gasteiger charge is 2.17. The zero-order valence-electron chi connectivity index (χ0n) is 20.3. The van der Waals surface area contributed by atoms with E-state index >= 15 is 0 Å². The van der Waals surface area contributed by atoms with E-state index in [1.165, 1.54) is 30.1 Å². The number of rotatable bonds is 11. The number of pyridine rings is 1. The predicted octanol–water partition coefficient (Wildman–Crippen LogP) is 1.05. The predicted molar refractivity (Wildman–Crippen MR) is 131 cm³/mol. The van der Waals surface area contributed by atoms with Gasteiger partial charge in [-0.3, -0.25) is 14.6 Å². The van der Waals surface area contributed by atoms with Gasteiger partial charge in [-0.05, 0) is 61.4 Å². The third-order valence-electron chi connectivity index (χ3n) is 5.77. The molecule has 3 heterocycles. The van der Waals surface area contributed by atoms with Crippen LogP contribution in [0.1, 0.15) is 53.3 Å². The molecule has 36 heavy (non-hydrogen) atoms. The lowest BCUT2D eigenvalue weighted by molar-refractivity contribution is -0.119. The van der Waals surface area contributed by atoms with E-state index in [0.717, 1.165) is 31.6 Å². The highest BCUT2D eigenvalue weighted by Crippen LogP contribution is 2.26. The van der Waals surface area contributed by atoms with Crippen LogP contribution in [-0.2, 0) is 22.5 Å². The summed E-state index contributed by atoms with van der Waals surface area (Å²) in [6.07, 6.45) is 7.31. The van der Waals surface area contributed by atoms with Crippen LogP contribution in [0.4, 0.5) is 4.39 Å². The van der Waals surface area contributed by atoms with E-state index in [0.29, 0.717) is 17.3 Å². The van der Waals surface area contributed by atoms with Crippen LogP contribution in [0.25, 0.3) is 0 Å². The monoisotopic (exact) mass is 500 g/mol. The summed E-state index contributed by atoms with van der Waals surface area (Å²) in [5.41, 5.74) is 14.2. The first-order chi connectivity index (χ1) is 17.3. The fraction of sp³-hybridized carbons (Fsp3) is 0.458. The summed E-state index contributed by atoms with van der Waals surface area (Å²) >= 11 is 0. The summed E-state index contributed by atoms with van der Waals surface area (Å²) < 4.78 is 21.0. The average molecular weight is 501 g/mol. The molecule has 1 atom stereocenters. The van der Waals surface area contributed by atoms with E-state index in [4.69, 9.17) is 16.2 Å². The number of aromatic nitrogens is 4. The van der Waals surface area contributed by atoms with Crippen molar-refractivity contribution in [1.82, 2.24) is 30.6 Å². The number of ether oxygens (including phenoxy) is 1. The Labute approximate surface area is 209 Å². The number of alkyl halides is 1. The maximum absolute atomic E-state index is 14.3. The summed E-state index contributed by atoms with van der Waals surface area (Å²) in [6, 6.07) is 3.94. The van der Waals surface area contributed by atoms with E-state index < -0.39 is 6.17 Å². The van der Waals surface area contributed by atoms with Crippen molar-refractivity contribution in [3.63, 3.8) is 0 Å². The molecule has 194 valence electrons. The van der Waals surface area contributed by atoms with Gasteiger partial charge in [-0.25, -0.2) is 9.07 Å². The van der Waals surface area contributed by atoms with E-state index in [1.54, 1.807) is 6.20 Å². The number of amides is 2. The second kappa shape index (κ2) is 13.3. The van der Waals surface area contributed by atoms with Crippen molar-refractivity contribution in [2.75, 3.05) is 20.3 Å². The van der Waals surface area contributed by atoms with Crippen LogP contribution in [0.2, 0.25) is 0 Å². The normalized spacial score (nSPS) is 15.9. The van der Waals surface area contributed by atoms with Crippen LogP contribution in [0.5, 0.6) is 0 Å². The van der Waals surface area contributed by atoms with Crippen LogP contribution in [0.15, 0.2) is 48.2 Å². The quantitative estimate of drug-likeness (QED) is 0.333. The molecule has 0 aliphatic carbocycles. The molecule has 2 amide bonds. The molecule has 12 heteroatoms. The van der Waals surface area contributed by atoms with Gasteiger partial charge in [-0.15, -0.1) is 5.10 Å². The first-order valence-electron chi connectivity index (χ1n) is 11.8. The Hall–Kier alpha value is -3.80. The van der Waals surface area contributed by atoms with Crippen LogP contribution in [-0.4, -0.2) is 58.2 Å². The van der Waals surface area contributed by atoms with Crippen LogP contribution in [0.3, 0.4) is 0 Å². The van der Waals surface area contributed by atoms with Crippen LogP contribution in [0, 0.1) is 0 Å². The molecule has 0 spiro atoms.